The normalized spacial score (nSPS) is 28.8. The van der Waals surface area contributed by atoms with Gasteiger partial charge >= 0.3 is 0 Å². The molecule has 0 saturated carbocycles. The summed E-state index contributed by atoms with van der Waals surface area (Å²) in [6.45, 7) is 13.9. The van der Waals surface area contributed by atoms with E-state index in [2.05, 4.69) is 13.8 Å². The molecule has 1 atom stereocenters. The van der Waals surface area contributed by atoms with E-state index in [1.54, 1.807) is 0 Å². The molecular formula is C17H32F2N2O. The third-order valence-electron chi connectivity index (χ3n) is 5.18. The second-order valence-corrected chi connectivity index (χ2v) is 8.71. The van der Waals surface area contributed by atoms with Gasteiger partial charge in [-0.25, -0.2) is 8.78 Å². The van der Waals surface area contributed by atoms with Gasteiger partial charge in [-0.15, -0.1) is 0 Å². The lowest BCUT2D eigenvalue weighted by Crippen LogP contribution is -2.48. The molecular weight excluding hydrogens is 286 g/mol. The average molecular weight is 318 g/mol. The van der Waals surface area contributed by atoms with E-state index in [0.29, 0.717) is 25.6 Å². The lowest BCUT2D eigenvalue weighted by molar-refractivity contribution is -0.0564. The quantitative estimate of drug-likeness (QED) is 0.795. The van der Waals surface area contributed by atoms with Crippen LogP contribution in [-0.4, -0.2) is 67.2 Å². The van der Waals surface area contributed by atoms with Crippen molar-refractivity contribution in [3.8, 4) is 0 Å². The Bertz CT molecular complexity index is 373. The summed E-state index contributed by atoms with van der Waals surface area (Å²) in [5, 5.41) is 0. The van der Waals surface area contributed by atoms with Crippen LogP contribution in [0.25, 0.3) is 0 Å². The van der Waals surface area contributed by atoms with Gasteiger partial charge in [-0.05, 0) is 38.5 Å². The summed E-state index contributed by atoms with van der Waals surface area (Å²) in [6.07, 6.45) is 1.05. The zero-order valence-electron chi connectivity index (χ0n) is 14.8. The molecule has 0 aromatic carbocycles. The Morgan fingerprint density at radius 2 is 1.77 bits per heavy atom. The van der Waals surface area contributed by atoms with Crippen LogP contribution in [0.2, 0.25) is 0 Å². The van der Waals surface area contributed by atoms with E-state index in [1.165, 1.54) is 0 Å². The van der Waals surface area contributed by atoms with Crippen LogP contribution in [0, 0.1) is 11.3 Å². The van der Waals surface area contributed by atoms with Gasteiger partial charge in [0.25, 0.3) is 5.92 Å². The van der Waals surface area contributed by atoms with Gasteiger partial charge in [-0.2, -0.15) is 0 Å². The van der Waals surface area contributed by atoms with Crippen LogP contribution in [0.4, 0.5) is 8.78 Å². The van der Waals surface area contributed by atoms with Gasteiger partial charge in [-0.1, -0.05) is 13.8 Å². The number of alkyl halides is 2. The maximum Gasteiger partial charge on any atom is 0.272 e. The number of hydrogen-bond donors (Lipinski definition) is 0. The number of rotatable bonds is 3. The lowest BCUT2D eigenvalue weighted by Gasteiger charge is -2.37. The predicted octanol–water partition coefficient (Wildman–Crippen LogP) is 3.10. The van der Waals surface area contributed by atoms with E-state index in [9.17, 15) is 8.78 Å². The van der Waals surface area contributed by atoms with Gasteiger partial charge in [0.1, 0.15) is 0 Å². The molecule has 0 bridgehead atoms. The molecule has 1 unspecified atom stereocenters. The van der Waals surface area contributed by atoms with Crippen molar-refractivity contribution in [1.29, 1.82) is 0 Å². The molecule has 5 heteroatoms. The molecule has 2 heterocycles. The minimum atomic E-state index is -2.65. The molecule has 0 aromatic rings. The van der Waals surface area contributed by atoms with Crippen LogP contribution >= 0.6 is 0 Å². The van der Waals surface area contributed by atoms with Gasteiger partial charge in [0.05, 0.1) is 19.7 Å². The highest BCUT2D eigenvalue weighted by atomic mass is 19.3. The number of halogens is 2. The Kier molecular flexibility index (Phi) is 5.20. The Morgan fingerprint density at radius 3 is 2.32 bits per heavy atom. The molecule has 0 aliphatic carbocycles. The van der Waals surface area contributed by atoms with E-state index in [0.717, 1.165) is 19.6 Å². The number of nitrogens with zero attached hydrogens (tertiary/aromatic N) is 2. The van der Waals surface area contributed by atoms with Crippen molar-refractivity contribution < 1.29 is 13.5 Å². The fourth-order valence-corrected chi connectivity index (χ4v) is 3.64. The Morgan fingerprint density at radius 1 is 1.09 bits per heavy atom. The maximum atomic E-state index is 14.3. The summed E-state index contributed by atoms with van der Waals surface area (Å²) in [7, 11) is 0. The van der Waals surface area contributed by atoms with Gasteiger partial charge in [-0.3, -0.25) is 9.80 Å². The molecule has 2 saturated heterocycles. The first-order valence-corrected chi connectivity index (χ1v) is 8.43. The molecule has 2 fully saturated rings. The third kappa shape index (κ3) is 4.62. The Hall–Kier alpha value is -0.260. The highest BCUT2D eigenvalue weighted by Crippen LogP contribution is 2.35. The van der Waals surface area contributed by atoms with E-state index in [4.69, 9.17) is 4.74 Å². The van der Waals surface area contributed by atoms with E-state index < -0.39 is 5.92 Å². The molecule has 2 rings (SSSR count). The smallest absolute Gasteiger partial charge is 0.272 e. The largest absolute Gasteiger partial charge is 0.381 e. The van der Waals surface area contributed by atoms with Crippen LogP contribution in [-0.2, 0) is 4.74 Å². The fourth-order valence-electron chi connectivity index (χ4n) is 3.64. The zero-order chi connectivity index (χ0) is 16.6. The molecule has 0 radical (unpaired) electrons. The lowest BCUT2D eigenvalue weighted by atomic mass is 9.78. The summed E-state index contributed by atoms with van der Waals surface area (Å²) in [4.78, 5) is 3.88. The van der Waals surface area contributed by atoms with Crippen LogP contribution in [0.3, 0.4) is 0 Å². The van der Waals surface area contributed by atoms with Crippen molar-refractivity contribution in [2.75, 3.05) is 45.9 Å². The van der Waals surface area contributed by atoms with E-state index in [1.807, 2.05) is 30.6 Å². The van der Waals surface area contributed by atoms with E-state index in [-0.39, 0.29) is 24.0 Å². The molecule has 130 valence electrons. The molecule has 0 aromatic heterocycles. The summed E-state index contributed by atoms with van der Waals surface area (Å²) in [5.74, 6) is -2.17. The highest BCUT2D eigenvalue weighted by Gasteiger charge is 2.42. The van der Waals surface area contributed by atoms with Crippen molar-refractivity contribution in [3.63, 3.8) is 0 Å². The van der Waals surface area contributed by atoms with Gasteiger partial charge in [0.2, 0.25) is 0 Å². The maximum absolute atomic E-state index is 14.3. The number of hydrogen-bond acceptors (Lipinski definition) is 3. The third-order valence-corrected chi connectivity index (χ3v) is 5.18. The monoisotopic (exact) mass is 318 g/mol. The van der Waals surface area contributed by atoms with Crippen LogP contribution in [0.1, 0.15) is 41.0 Å². The van der Waals surface area contributed by atoms with Crippen molar-refractivity contribution in [2.24, 2.45) is 11.3 Å². The first-order valence-electron chi connectivity index (χ1n) is 8.43. The zero-order valence-corrected chi connectivity index (χ0v) is 14.8. The molecule has 3 nitrogen and oxygen atoms in total. The van der Waals surface area contributed by atoms with E-state index >= 15 is 0 Å². The van der Waals surface area contributed by atoms with Crippen LogP contribution < -0.4 is 0 Å². The van der Waals surface area contributed by atoms with Gasteiger partial charge < -0.3 is 4.74 Å². The first-order chi connectivity index (χ1) is 10.00. The topological polar surface area (TPSA) is 15.7 Å². The predicted molar refractivity (Wildman–Crippen MR) is 85.4 cm³/mol. The summed E-state index contributed by atoms with van der Waals surface area (Å²) in [5.41, 5.74) is -0.197. The van der Waals surface area contributed by atoms with Crippen LogP contribution in [0.15, 0.2) is 0 Å². The first kappa shape index (κ1) is 18.1. The van der Waals surface area contributed by atoms with Gasteiger partial charge in [0, 0.05) is 31.8 Å². The molecule has 22 heavy (non-hydrogen) atoms. The second kappa shape index (κ2) is 6.33. The molecule has 2 aliphatic heterocycles. The van der Waals surface area contributed by atoms with Crippen LogP contribution in [0.5, 0.6) is 0 Å². The molecule has 0 N–H and O–H groups in total. The molecule has 0 spiro atoms. The van der Waals surface area contributed by atoms with Gasteiger partial charge in [0.15, 0.2) is 0 Å². The van der Waals surface area contributed by atoms with Crippen molar-refractivity contribution in [1.82, 2.24) is 9.80 Å². The minimum absolute atomic E-state index is 0.0173. The summed E-state index contributed by atoms with van der Waals surface area (Å²) >= 11 is 0. The molecule has 0 amide bonds. The minimum Gasteiger partial charge on any atom is -0.381 e. The fraction of sp³-hybridized carbons (Fsp3) is 1.00. The number of ether oxygens (including phenoxy) is 1. The second-order valence-electron chi connectivity index (χ2n) is 8.71. The van der Waals surface area contributed by atoms with Crippen molar-refractivity contribution in [3.05, 3.63) is 0 Å². The highest BCUT2D eigenvalue weighted by molar-refractivity contribution is 4.91. The Balaban J connectivity index is 2.02. The SMILES string of the molecule is CC(C)(CN1CCN(C(C)(C)C)CC(F)(F)C1)C1CCOC1. The standard InChI is InChI=1S/C17H32F2N2O/c1-15(2,3)21-8-7-20(12-17(18,19)13-21)11-16(4,5)14-6-9-22-10-14/h14H,6-13H2,1-5H3. The summed E-state index contributed by atoms with van der Waals surface area (Å²) < 4.78 is 34.2. The molecule has 2 aliphatic rings. The van der Waals surface area contributed by atoms with Crippen molar-refractivity contribution >= 4 is 0 Å². The Labute approximate surface area is 134 Å². The summed E-state index contributed by atoms with van der Waals surface area (Å²) in [6, 6.07) is 0. The average Bonchev–Trinajstić information content (AvgIpc) is 2.81. The van der Waals surface area contributed by atoms with Crippen molar-refractivity contribution in [2.45, 2.75) is 52.5 Å².